The van der Waals surface area contributed by atoms with E-state index in [0.29, 0.717) is 0 Å². The molecule has 6 aromatic heterocycles. The molecular formula is C46H28N6. The topological polar surface area (TPSA) is 77.3 Å². The lowest BCUT2D eigenvalue weighted by Crippen LogP contribution is -1.94. The van der Waals surface area contributed by atoms with Crippen LogP contribution in [0, 0.1) is 23.7 Å². The summed E-state index contributed by atoms with van der Waals surface area (Å²) < 4.78 is 0. The van der Waals surface area contributed by atoms with Crippen LogP contribution in [-0.4, -0.2) is 29.9 Å². The second-order valence-electron chi connectivity index (χ2n) is 11.8. The molecule has 0 aliphatic rings. The molecule has 0 bridgehead atoms. The predicted octanol–water partition coefficient (Wildman–Crippen LogP) is 9.19. The van der Waals surface area contributed by atoms with Crippen LogP contribution in [0.4, 0.5) is 0 Å². The Hall–Kier alpha value is -7.54. The van der Waals surface area contributed by atoms with Crippen LogP contribution in [0.15, 0.2) is 170 Å². The lowest BCUT2D eigenvalue weighted by Gasteiger charge is -2.06. The molecule has 242 valence electrons. The molecule has 6 heterocycles. The summed E-state index contributed by atoms with van der Waals surface area (Å²) in [5.41, 5.74) is 11.8. The summed E-state index contributed by atoms with van der Waals surface area (Å²) in [6, 6.07) is 47.5. The monoisotopic (exact) mass is 664 g/mol. The standard InChI is InChI=1S/C46H28N6/c1-5-25-47-39(9-1)43-29-35(30-44(51-43)40-10-2-6-26-48-40)15-13-33-17-21-37(22-18-33)38-23-19-34(20-24-38)14-16-36-31-45(41-11-3-7-27-49-41)52-46(32-36)42-12-4-8-28-50-42/h1-12,17-32H. The molecule has 6 nitrogen and oxygen atoms in total. The lowest BCUT2D eigenvalue weighted by molar-refractivity contribution is 1.21. The van der Waals surface area contributed by atoms with Gasteiger partial charge in [0.05, 0.1) is 45.6 Å². The van der Waals surface area contributed by atoms with Crippen LogP contribution in [0.1, 0.15) is 22.3 Å². The molecule has 0 fully saturated rings. The highest BCUT2D eigenvalue weighted by Crippen LogP contribution is 2.25. The van der Waals surface area contributed by atoms with E-state index in [4.69, 9.17) is 9.97 Å². The summed E-state index contributed by atoms with van der Waals surface area (Å²) in [5, 5.41) is 0. The molecule has 52 heavy (non-hydrogen) atoms. The fourth-order valence-electron chi connectivity index (χ4n) is 5.57. The van der Waals surface area contributed by atoms with Gasteiger partial charge < -0.3 is 0 Å². The minimum atomic E-state index is 0.751. The SMILES string of the molecule is C(#Cc1cc(-c2ccccn2)nc(-c2ccccn2)c1)c1ccc(-c2ccc(C#Cc3cc(-c4ccccn4)nc(-c4ccccn4)c3)cc2)cc1. The minimum absolute atomic E-state index is 0.751. The van der Waals surface area contributed by atoms with Gasteiger partial charge in [0.2, 0.25) is 0 Å². The normalized spacial score (nSPS) is 10.4. The maximum Gasteiger partial charge on any atom is 0.0906 e. The number of aromatic nitrogens is 6. The van der Waals surface area contributed by atoms with Crippen molar-refractivity contribution in [3.05, 3.63) is 193 Å². The first kappa shape index (κ1) is 31.7. The molecule has 0 aliphatic heterocycles. The Bertz CT molecular complexity index is 2280. The quantitative estimate of drug-likeness (QED) is 0.171. The minimum Gasteiger partial charge on any atom is -0.255 e. The van der Waals surface area contributed by atoms with Crippen molar-refractivity contribution in [2.24, 2.45) is 0 Å². The summed E-state index contributed by atoms with van der Waals surface area (Å²) in [7, 11) is 0. The second kappa shape index (κ2) is 14.9. The molecule has 0 spiro atoms. The van der Waals surface area contributed by atoms with E-state index in [0.717, 1.165) is 78.9 Å². The molecule has 8 rings (SSSR count). The first-order valence-corrected chi connectivity index (χ1v) is 16.7. The van der Waals surface area contributed by atoms with E-state index >= 15 is 0 Å². The summed E-state index contributed by atoms with van der Waals surface area (Å²) in [4.78, 5) is 27.6. The molecular weight excluding hydrogens is 637 g/mol. The van der Waals surface area contributed by atoms with Crippen molar-refractivity contribution in [1.29, 1.82) is 0 Å². The Labute approximate surface area is 302 Å². The van der Waals surface area contributed by atoms with Crippen molar-refractivity contribution < 1.29 is 0 Å². The Kier molecular flexibility index (Phi) is 9.10. The van der Waals surface area contributed by atoms with Crippen molar-refractivity contribution in [3.8, 4) is 80.4 Å². The van der Waals surface area contributed by atoms with Gasteiger partial charge in [-0.15, -0.1) is 0 Å². The fourth-order valence-corrected chi connectivity index (χ4v) is 5.57. The molecule has 0 amide bonds. The summed E-state index contributed by atoms with van der Waals surface area (Å²) in [5.74, 6) is 13.3. The average molecular weight is 665 g/mol. The highest BCUT2D eigenvalue weighted by Gasteiger charge is 2.10. The zero-order valence-corrected chi connectivity index (χ0v) is 27.8. The lowest BCUT2D eigenvalue weighted by atomic mass is 10.0. The van der Waals surface area contributed by atoms with Gasteiger partial charge in [0, 0.05) is 47.0 Å². The van der Waals surface area contributed by atoms with Crippen molar-refractivity contribution in [2.75, 3.05) is 0 Å². The third kappa shape index (κ3) is 7.53. The Morgan fingerprint density at radius 2 is 0.558 bits per heavy atom. The molecule has 0 unspecified atom stereocenters. The largest absolute Gasteiger partial charge is 0.255 e. The molecule has 8 aromatic rings. The zero-order valence-electron chi connectivity index (χ0n) is 27.8. The third-order valence-corrected chi connectivity index (χ3v) is 8.17. The van der Waals surface area contributed by atoms with Crippen LogP contribution >= 0.6 is 0 Å². The van der Waals surface area contributed by atoms with Gasteiger partial charge in [0.1, 0.15) is 0 Å². The fraction of sp³-hybridized carbons (Fsp3) is 0. The van der Waals surface area contributed by atoms with Crippen LogP contribution in [-0.2, 0) is 0 Å². The predicted molar refractivity (Wildman–Crippen MR) is 205 cm³/mol. The first-order chi connectivity index (χ1) is 25.7. The number of hydrogen-bond acceptors (Lipinski definition) is 6. The molecule has 0 radical (unpaired) electrons. The van der Waals surface area contributed by atoms with E-state index in [-0.39, 0.29) is 0 Å². The van der Waals surface area contributed by atoms with Crippen molar-refractivity contribution in [2.45, 2.75) is 0 Å². The van der Waals surface area contributed by atoms with Crippen LogP contribution in [0.25, 0.3) is 56.7 Å². The van der Waals surface area contributed by atoms with E-state index < -0.39 is 0 Å². The summed E-state index contributed by atoms with van der Waals surface area (Å²) in [6.07, 6.45) is 7.06. The first-order valence-electron chi connectivity index (χ1n) is 16.7. The van der Waals surface area contributed by atoms with Crippen molar-refractivity contribution >= 4 is 0 Å². The molecule has 0 saturated carbocycles. The summed E-state index contributed by atoms with van der Waals surface area (Å²) >= 11 is 0. The van der Waals surface area contributed by atoms with Gasteiger partial charge in [-0.1, -0.05) is 72.2 Å². The number of nitrogens with zero attached hydrogens (tertiary/aromatic N) is 6. The molecule has 0 aliphatic carbocycles. The molecule has 0 atom stereocenters. The van der Waals surface area contributed by atoms with Crippen LogP contribution < -0.4 is 0 Å². The number of pyridine rings is 6. The van der Waals surface area contributed by atoms with Gasteiger partial charge in [0.15, 0.2) is 0 Å². The van der Waals surface area contributed by atoms with E-state index in [1.165, 1.54) is 0 Å². The highest BCUT2D eigenvalue weighted by atomic mass is 14.8. The Morgan fingerprint density at radius 1 is 0.269 bits per heavy atom. The molecule has 2 aromatic carbocycles. The van der Waals surface area contributed by atoms with E-state index in [9.17, 15) is 0 Å². The van der Waals surface area contributed by atoms with E-state index in [1.54, 1.807) is 24.8 Å². The van der Waals surface area contributed by atoms with Gasteiger partial charge in [-0.25, -0.2) is 9.97 Å². The van der Waals surface area contributed by atoms with Gasteiger partial charge in [-0.05, 0) is 108 Å². The van der Waals surface area contributed by atoms with Gasteiger partial charge in [-0.3, -0.25) is 19.9 Å². The van der Waals surface area contributed by atoms with Crippen molar-refractivity contribution in [3.63, 3.8) is 0 Å². The number of benzene rings is 2. The van der Waals surface area contributed by atoms with Gasteiger partial charge in [0.25, 0.3) is 0 Å². The average Bonchev–Trinajstić information content (AvgIpc) is 3.23. The smallest absolute Gasteiger partial charge is 0.0906 e. The molecule has 0 N–H and O–H groups in total. The van der Waals surface area contributed by atoms with E-state index in [1.807, 2.05) is 121 Å². The highest BCUT2D eigenvalue weighted by molar-refractivity contribution is 5.69. The third-order valence-electron chi connectivity index (χ3n) is 8.17. The van der Waals surface area contributed by atoms with Crippen LogP contribution in [0.2, 0.25) is 0 Å². The van der Waals surface area contributed by atoms with Crippen LogP contribution in [0.5, 0.6) is 0 Å². The molecule has 6 heteroatoms. The zero-order chi connectivity index (χ0) is 35.0. The number of hydrogen-bond donors (Lipinski definition) is 0. The van der Waals surface area contributed by atoms with Gasteiger partial charge in [-0.2, -0.15) is 0 Å². The maximum absolute atomic E-state index is 4.83. The van der Waals surface area contributed by atoms with Gasteiger partial charge >= 0.3 is 0 Å². The number of rotatable bonds is 5. The van der Waals surface area contributed by atoms with Crippen LogP contribution in [0.3, 0.4) is 0 Å². The van der Waals surface area contributed by atoms with E-state index in [2.05, 4.69) is 67.9 Å². The Morgan fingerprint density at radius 3 is 0.827 bits per heavy atom. The maximum atomic E-state index is 4.83. The second-order valence-corrected chi connectivity index (χ2v) is 11.8. The molecule has 0 saturated heterocycles. The summed E-state index contributed by atoms with van der Waals surface area (Å²) in [6.45, 7) is 0. The van der Waals surface area contributed by atoms with Crippen molar-refractivity contribution in [1.82, 2.24) is 29.9 Å². The Balaban J connectivity index is 1.02.